The van der Waals surface area contributed by atoms with Gasteiger partial charge < -0.3 is 9.90 Å². The fourth-order valence-corrected chi connectivity index (χ4v) is 3.55. The van der Waals surface area contributed by atoms with Crippen molar-refractivity contribution in [3.63, 3.8) is 0 Å². The van der Waals surface area contributed by atoms with Crippen molar-refractivity contribution in [3.8, 4) is 0 Å². The molecule has 6 heteroatoms. The van der Waals surface area contributed by atoms with Crippen LogP contribution in [-0.2, 0) is 16.0 Å². The minimum absolute atomic E-state index is 0. The quantitative estimate of drug-likeness (QED) is 0.449. The van der Waals surface area contributed by atoms with Crippen LogP contribution in [0.4, 0.5) is 0 Å². The molecule has 0 bridgehead atoms. The number of rotatable bonds is 3. The van der Waals surface area contributed by atoms with Gasteiger partial charge in [-0.25, -0.2) is 0 Å². The van der Waals surface area contributed by atoms with Gasteiger partial charge in [0.25, 0.3) is 0 Å². The number of hydrogen-bond donors (Lipinski definition) is 0. The second kappa shape index (κ2) is 5.71. The molecule has 2 atom stereocenters. The number of carboxylic acids is 1. The summed E-state index contributed by atoms with van der Waals surface area (Å²) in [5.74, 6) is -1.54. The molecule has 2 heterocycles. The van der Waals surface area contributed by atoms with Crippen molar-refractivity contribution in [3.05, 3.63) is 47.0 Å². The summed E-state index contributed by atoms with van der Waals surface area (Å²) in [5.41, 5.74) is 1.09. The van der Waals surface area contributed by atoms with Crippen LogP contribution in [0.1, 0.15) is 5.56 Å². The van der Waals surface area contributed by atoms with Crippen molar-refractivity contribution < 1.29 is 44.3 Å². The van der Waals surface area contributed by atoms with Gasteiger partial charge in [0.05, 0.1) is 23.0 Å². The molecule has 0 aromatic heterocycles. The Kier molecular flexibility index (Phi) is 4.40. The topological polar surface area (TPSA) is 60.4 Å². The molecular weight excluding hydrogens is 273 g/mol. The number of carbonyl (C=O) groups is 2. The summed E-state index contributed by atoms with van der Waals surface area (Å²) in [6.45, 7) is 0. The van der Waals surface area contributed by atoms with E-state index in [1.807, 2.05) is 30.3 Å². The summed E-state index contributed by atoms with van der Waals surface area (Å²) in [5, 5.41) is 12.2. The first-order chi connectivity index (χ1) is 8.68. The molecule has 1 amide bonds. The van der Waals surface area contributed by atoms with Crippen LogP contribution in [0.25, 0.3) is 0 Å². The van der Waals surface area contributed by atoms with Crippen LogP contribution < -0.4 is 34.7 Å². The monoisotopic (exact) mass is 283 g/mol. The molecule has 0 unspecified atom stereocenters. The Morgan fingerprint density at radius 2 is 2.00 bits per heavy atom. The smallest absolute Gasteiger partial charge is 0.543 e. The normalized spacial score (nSPS) is 24.1. The van der Waals surface area contributed by atoms with Crippen molar-refractivity contribution in [2.45, 2.75) is 11.8 Å². The van der Waals surface area contributed by atoms with Gasteiger partial charge in [0.1, 0.15) is 0 Å². The third-order valence-corrected chi connectivity index (χ3v) is 4.42. The minimum Gasteiger partial charge on any atom is -0.543 e. The fourth-order valence-electron chi connectivity index (χ4n) is 2.33. The Morgan fingerprint density at radius 3 is 2.63 bits per heavy atom. The number of aliphatic carboxylic acids is 1. The maximum Gasteiger partial charge on any atom is 1.00 e. The van der Waals surface area contributed by atoms with E-state index in [2.05, 4.69) is 0 Å². The number of nitrogens with zero attached hydrogens (tertiary/aromatic N) is 1. The molecule has 19 heavy (non-hydrogen) atoms. The van der Waals surface area contributed by atoms with Crippen LogP contribution in [0, 0.1) is 5.92 Å². The number of carboxylic acid groups (broad SMARTS) is 1. The molecule has 0 radical (unpaired) electrons. The Labute approximate surface area is 137 Å². The molecule has 0 N–H and O–H groups in total. The van der Waals surface area contributed by atoms with E-state index in [0.29, 0.717) is 6.42 Å². The van der Waals surface area contributed by atoms with Gasteiger partial charge in [0, 0.05) is 0 Å². The largest absolute Gasteiger partial charge is 1.00 e. The average molecular weight is 283 g/mol. The van der Waals surface area contributed by atoms with Crippen molar-refractivity contribution in [1.82, 2.24) is 4.90 Å². The molecular formula is C13H10NNaO3S. The van der Waals surface area contributed by atoms with Crippen molar-refractivity contribution in [2.75, 3.05) is 0 Å². The Bertz CT molecular complexity index is 546. The van der Waals surface area contributed by atoms with E-state index in [4.69, 9.17) is 0 Å². The SMILES string of the molecule is O=C([O-])C1=CS[C@@H]2[C@@H](Cc3ccccc3)C(=O)N12.[Na+]. The maximum atomic E-state index is 11.9. The van der Waals surface area contributed by atoms with E-state index < -0.39 is 5.97 Å². The molecule has 2 aliphatic rings. The summed E-state index contributed by atoms with van der Waals surface area (Å²) in [7, 11) is 0. The van der Waals surface area contributed by atoms with E-state index >= 15 is 0 Å². The number of carbonyl (C=O) groups excluding carboxylic acids is 2. The molecule has 4 nitrogen and oxygen atoms in total. The molecule has 0 saturated carbocycles. The van der Waals surface area contributed by atoms with Gasteiger partial charge in [-0.2, -0.15) is 0 Å². The summed E-state index contributed by atoms with van der Waals surface area (Å²) in [4.78, 5) is 24.1. The van der Waals surface area contributed by atoms with Gasteiger partial charge in [-0.3, -0.25) is 9.69 Å². The summed E-state index contributed by atoms with van der Waals surface area (Å²) in [6.07, 6.45) is 0.655. The minimum atomic E-state index is -1.28. The molecule has 1 aromatic rings. The molecule has 0 aliphatic carbocycles. The zero-order valence-electron chi connectivity index (χ0n) is 10.4. The summed E-state index contributed by atoms with van der Waals surface area (Å²) >= 11 is 1.38. The van der Waals surface area contributed by atoms with Crippen LogP contribution in [0.3, 0.4) is 0 Å². The summed E-state index contributed by atoms with van der Waals surface area (Å²) in [6, 6.07) is 9.75. The van der Waals surface area contributed by atoms with Gasteiger partial charge in [0.15, 0.2) is 0 Å². The van der Waals surface area contributed by atoms with Crippen molar-refractivity contribution in [1.29, 1.82) is 0 Å². The molecule has 1 aromatic carbocycles. The second-order valence-corrected chi connectivity index (χ2v) is 5.31. The van der Waals surface area contributed by atoms with Gasteiger partial charge >= 0.3 is 29.6 Å². The first-order valence-electron chi connectivity index (χ1n) is 5.62. The number of amides is 1. The van der Waals surface area contributed by atoms with Crippen LogP contribution in [-0.4, -0.2) is 22.2 Å². The Morgan fingerprint density at radius 1 is 1.32 bits per heavy atom. The first kappa shape index (κ1) is 14.7. The first-order valence-corrected chi connectivity index (χ1v) is 6.57. The van der Waals surface area contributed by atoms with Crippen molar-refractivity contribution in [2.24, 2.45) is 5.92 Å². The number of hydrogen-bond acceptors (Lipinski definition) is 4. The second-order valence-electron chi connectivity index (χ2n) is 4.32. The van der Waals surface area contributed by atoms with E-state index in [1.165, 1.54) is 22.1 Å². The van der Waals surface area contributed by atoms with Crippen LogP contribution in [0.15, 0.2) is 41.4 Å². The third-order valence-electron chi connectivity index (χ3n) is 3.24. The van der Waals surface area contributed by atoms with E-state index in [0.717, 1.165) is 5.56 Å². The van der Waals surface area contributed by atoms with E-state index in [1.54, 1.807) is 0 Å². The van der Waals surface area contributed by atoms with Crippen LogP contribution in [0.2, 0.25) is 0 Å². The van der Waals surface area contributed by atoms with Gasteiger partial charge in [-0.15, -0.1) is 11.8 Å². The molecule has 1 fully saturated rings. The third kappa shape index (κ3) is 2.48. The molecule has 1 saturated heterocycles. The summed E-state index contributed by atoms with van der Waals surface area (Å²) < 4.78 is 0. The maximum absolute atomic E-state index is 11.9. The fraction of sp³-hybridized carbons (Fsp3) is 0.231. The van der Waals surface area contributed by atoms with E-state index in [-0.39, 0.29) is 52.5 Å². The Balaban J connectivity index is 0.00000133. The predicted octanol–water partition coefficient (Wildman–Crippen LogP) is -2.64. The predicted molar refractivity (Wildman–Crippen MR) is 65.0 cm³/mol. The number of fused-ring (bicyclic) bond motifs is 1. The number of β-lactam (4-membered cyclic amide) rings is 1. The number of benzene rings is 1. The molecule has 3 rings (SSSR count). The van der Waals surface area contributed by atoms with Crippen molar-refractivity contribution >= 4 is 23.6 Å². The van der Waals surface area contributed by atoms with Gasteiger partial charge in [-0.1, -0.05) is 30.3 Å². The van der Waals surface area contributed by atoms with E-state index in [9.17, 15) is 14.7 Å². The van der Waals surface area contributed by atoms with Crippen LogP contribution in [0.5, 0.6) is 0 Å². The molecule has 2 aliphatic heterocycles. The zero-order valence-corrected chi connectivity index (χ0v) is 13.2. The molecule has 92 valence electrons. The molecule has 0 spiro atoms. The standard InChI is InChI=1S/C13H11NO3S.Na/c15-11-9(6-8-4-2-1-3-5-8)12-14(11)10(7-18-12)13(16)17;/h1-5,7,9,12H,6H2,(H,16,17);/q;+1/p-1/t9-,12+;/m0./s1. The average Bonchev–Trinajstić information content (AvgIpc) is 2.77. The van der Waals surface area contributed by atoms with Gasteiger partial charge in [0.2, 0.25) is 5.91 Å². The number of thioether (sulfide) groups is 1. The zero-order chi connectivity index (χ0) is 12.7. The van der Waals surface area contributed by atoms with Gasteiger partial charge in [-0.05, 0) is 17.4 Å². The van der Waals surface area contributed by atoms with Crippen LogP contribution >= 0.6 is 11.8 Å². The Hall–Kier alpha value is -0.750.